The average Bonchev–Trinajstić information content (AvgIpc) is 2.39. The van der Waals surface area contributed by atoms with Gasteiger partial charge in [-0.25, -0.2) is 0 Å². The summed E-state index contributed by atoms with van der Waals surface area (Å²) >= 11 is 12.0. The molecule has 100 valence electrons. The van der Waals surface area contributed by atoms with Crippen molar-refractivity contribution in [2.45, 2.75) is 0 Å². The molecule has 1 unspecified atom stereocenters. The summed E-state index contributed by atoms with van der Waals surface area (Å²) in [5, 5.41) is 1.69. The van der Waals surface area contributed by atoms with Gasteiger partial charge in [0.15, 0.2) is 5.52 Å². The van der Waals surface area contributed by atoms with Crippen LogP contribution in [0.25, 0.3) is 0 Å². The first-order chi connectivity index (χ1) is 9.11. The van der Waals surface area contributed by atoms with Crippen molar-refractivity contribution in [3.8, 4) is 5.75 Å². The molecule has 0 N–H and O–H groups in total. The van der Waals surface area contributed by atoms with Crippen LogP contribution in [0, 0.1) is 0 Å². The standard InChI is InChI=1S/C14H11Cl2O2P.Li.H/c1-18-9-5-7-10(8-6-9)19-14(17)13-11(15)3-2-4-12(13)16;;/h2-8,19H,1H3;;/q;+1;-1. The second-order valence-electron chi connectivity index (χ2n) is 3.78. The molecular weight excluding hydrogens is 309 g/mol. The first-order valence-corrected chi connectivity index (χ1v) is 7.27. The van der Waals surface area contributed by atoms with Crippen molar-refractivity contribution in [3.63, 3.8) is 0 Å². The molecule has 2 nitrogen and oxygen atoms in total. The second kappa shape index (κ2) is 8.08. The Balaban J connectivity index is 0.00000200. The van der Waals surface area contributed by atoms with Gasteiger partial charge < -0.3 is 6.16 Å². The average molecular weight is 321 g/mol. The number of rotatable bonds is 4. The van der Waals surface area contributed by atoms with Crippen molar-refractivity contribution in [2.75, 3.05) is 7.11 Å². The fourth-order valence-electron chi connectivity index (χ4n) is 1.58. The Kier molecular flexibility index (Phi) is 7.10. The largest absolute Gasteiger partial charge is 1.00 e. The van der Waals surface area contributed by atoms with Crippen molar-refractivity contribution in [3.05, 3.63) is 58.1 Å². The van der Waals surface area contributed by atoms with Crippen molar-refractivity contribution in [1.82, 2.24) is 0 Å². The summed E-state index contributed by atoms with van der Waals surface area (Å²) in [6, 6.07) is 12.4. The smallest absolute Gasteiger partial charge is 1.00 e. The van der Waals surface area contributed by atoms with E-state index in [1.807, 2.05) is 24.3 Å². The minimum absolute atomic E-state index is 0. The topological polar surface area (TPSA) is 26.3 Å². The van der Waals surface area contributed by atoms with Crippen molar-refractivity contribution >= 4 is 42.6 Å². The van der Waals surface area contributed by atoms with E-state index in [0.29, 0.717) is 15.6 Å². The van der Waals surface area contributed by atoms with Crippen LogP contribution in [0.5, 0.6) is 5.75 Å². The summed E-state index contributed by atoms with van der Waals surface area (Å²) in [5.41, 5.74) is 0.320. The van der Waals surface area contributed by atoms with E-state index in [1.54, 1.807) is 25.3 Å². The maximum atomic E-state index is 12.2. The summed E-state index contributed by atoms with van der Waals surface area (Å²) in [6.07, 6.45) is 0. The Labute approximate surface area is 143 Å². The summed E-state index contributed by atoms with van der Waals surface area (Å²) in [5.74, 6) is 0.761. The number of carbonyl (C=O) groups is 1. The number of carbonyl (C=O) groups excluding carboxylic acids is 1. The predicted molar refractivity (Wildman–Crippen MR) is 82.8 cm³/mol. The van der Waals surface area contributed by atoms with Crippen molar-refractivity contribution in [2.24, 2.45) is 0 Å². The Bertz CT molecular complexity index is 588. The number of benzene rings is 2. The molecule has 0 spiro atoms. The van der Waals surface area contributed by atoms with Gasteiger partial charge in [0.05, 0.1) is 22.7 Å². The number of methoxy groups -OCH3 is 1. The van der Waals surface area contributed by atoms with Gasteiger partial charge in [-0.3, -0.25) is 4.79 Å². The SMILES string of the molecule is COc1ccc(PC(=O)c2c(Cl)cccc2Cl)cc1.[H-].[Li+]. The number of halogens is 2. The van der Waals surface area contributed by atoms with E-state index in [2.05, 4.69) is 0 Å². The Morgan fingerprint density at radius 2 is 1.65 bits per heavy atom. The number of ether oxygens (including phenoxy) is 1. The maximum Gasteiger partial charge on any atom is 1.00 e. The molecule has 0 bridgehead atoms. The van der Waals surface area contributed by atoms with Gasteiger partial charge >= 0.3 is 18.9 Å². The molecule has 0 radical (unpaired) electrons. The molecular formula is C14H12Cl2LiO2P. The zero-order chi connectivity index (χ0) is 13.8. The summed E-state index contributed by atoms with van der Waals surface area (Å²) in [6.45, 7) is 0. The van der Waals surface area contributed by atoms with E-state index >= 15 is 0 Å². The molecule has 2 rings (SSSR count). The number of hydrogen-bond donors (Lipinski definition) is 0. The van der Waals surface area contributed by atoms with Crippen LogP contribution in [0.15, 0.2) is 42.5 Å². The third-order valence-electron chi connectivity index (χ3n) is 2.54. The zero-order valence-electron chi connectivity index (χ0n) is 12.1. The molecule has 0 fully saturated rings. The molecule has 2 aromatic carbocycles. The molecule has 0 saturated heterocycles. The van der Waals surface area contributed by atoms with Gasteiger partial charge in [-0.1, -0.05) is 41.4 Å². The molecule has 0 aliphatic carbocycles. The van der Waals surface area contributed by atoms with Gasteiger partial charge in [0.2, 0.25) is 0 Å². The van der Waals surface area contributed by atoms with Gasteiger partial charge in [-0.05, 0) is 38.2 Å². The Hall–Kier alpha value is -0.483. The molecule has 2 aromatic rings. The van der Waals surface area contributed by atoms with Gasteiger partial charge in [0.1, 0.15) is 5.75 Å². The Morgan fingerprint density at radius 3 is 2.15 bits per heavy atom. The first kappa shape index (κ1) is 17.6. The minimum Gasteiger partial charge on any atom is -1.00 e. The summed E-state index contributed by atoms with van der Waals surface area (Å²) < 4.78 is 5.07. The molecule has 0 heterocycles. The minimum atomic E-state index is -0.0687. The van der Waals surface area contributed by atoms with Crippen LogP contribution >= 0.6 is 31.8 Å². The van der Waals surface area contributed by atoms with Crippen LogP contribution in [-0.2, 0) is 0 Å². The molecule has 1 atom stereocenters. The van der Waals surface area contributed by atoms with Gasteiger partial charge in [-0.2, -0.15) is 0 Å². The normalized spacial score (nSPS) is 10.3. The molecule has 0 amide bonds. The quantitative estimate of drug-likeness (QED) is 0.626. The van der Waals surface area contributed by atoms with Crippen LogP contribution in [-0.4, -0.2) is 12.6 Å². The van der Waals surface area contributed by atoms with E-state index in [0.717, 1.165) is 11.1 Å². The zero-order valence-corrected chi connectivity index (χ0v) is 13.6. The third-order valence-corrected chi connectivity index (χ3v) is 4.27. The van der Waals surface area contributed by atoms with E-state index < -0.39 is 0 Å². The summed E-state index contributed by atoms with van der Waals surface area (Å²) in [4.78, 5) is 12.2. The van der Waals surface area contributed by atoms with Crippen LogP contribution in [0.2, 0.25) is 10.0 Å². The molecule has 0 aliphatic rings. The molecule has 0 saturated carbocycles. The summed E-state index contributed by atoms with van der Waals surface area (Å²) in [7, 11) is 1.59. The third kappa shape index (κ3) is 4.25. The maximum absolute atomic E-state index is 12.2. The van der Waals surface area contributed by atoms with E-state index in [4.69, 9.17) is 27.9 Å². The van der Waals surface area contributed by atoms with Crippen LogP contribution in [0.1, 0.15) is 11.8 Å². The fourth-order valence-corrected chi connectivity index (χ4v) is 3.30. The van der Waals surface area contributed by atoms with E-state index in [9.17, 15) is 4.79 Å². The molecule has 0 aliphatic heterocycles. The molecule has 20 heavy (non-hydrogen) atoms. The van der Waals surface area contributed by atoms with Gasteiger partial charge in [0.25, 0.3) is 0 Å². The van der Waals surface area contributed by atoms with Gasteiger partial charge in [0, 0.05) is 0 Å². The van der Waals surface area contributed by atoms with E-state index in [-0.39, 0.29) is 34.4 Å². The predicted octanol–water partition coefficient (Wildman–Crippen LogP) is 1.26. The van der Waals surface area contributed by atoms with Crippen molar-refractivity contribution < 1.29 is 29.8 Å². The molecule has 0 aromatic heterocycles. The van der Waals surface area contributed by atoms with Crippen molar-refractivity contribution in [1.29, 1.82) is 0 Å². The fraction of sp³-hybridized carbons (Fsp3) is 0.0714. The van der Waals surface area contributed by atoms with E-state index in [1.165, 1.54) is 0 Å². The Morgan fingerprint density at radius 1 is 1.10 bits per heavy atom. The second-order valence-corrected chi connectivity index (χ2v) is 5.88. The van der Waals surface area contributed by atoms with Crippen LogP contribution in [0.4, 0.5) is 0 Å². The molecule has 6 heteroatoms. The van der Waals surface area contributed by atoms with Gasteiger partial charge in [-0.15, -0.1) is 0 Å². The monoisotopic (exact) mass is 320 g/mol. The van der Waals surface area contributed by atoms with Crippen LogP contribution < -0.4 is 28.9 Å². The number of hydrogen-bond acceptors (Lipinski definition) is 2. The first-order valence-electron chi connectivity index (χ1n) is 5.51. The van der Waals surface area contributed by atoms with Crippen LogP contribution in [0.3, 0.4) is 0 Å².